The Bertz CT molecular complexity index is 1130. The molecule has 0 spiro atoms. The van der Waals surface area contributed by atoms with E-state index in [1.165, 1.54) is 22.2 Å². The average Bonchev–Trinajstić information content (AvgIpc) is 3.07. The molecule has 0 aliphatic carbocycles. The van der Waals surface area contributed by atoms with Crippen LogP contribution in [0.5, 0.6) is 5.75 Å². The predicted octanol–water partition coefficient (Wildman–Crippen LogP) is 3.22. The number of anilines is 1. The summed E-state index contributed by atoms with van der Waals surface area (Å²) in [6.07, 6.45) is 4.04. The number of nitrogens with one attached hydrogen (secondary N) is 1. The van der Waals surface area contributed by atoms with Crippen molar-refractivity contribution >= 4 is 37.6 Å². The topological polar surface area (TPSA) is 81.9 Å². The van der Waals surface area contributed by atoms with E-state index in [-0.39, 0.29) is 5.56 Å². The molecular weight excluding hydrogens is 350 g/mol. The third-order valence-electron chi connectivity index (χ3n) is 4.07. The van der Waals surface area contributed by atoms with Gasteiger partial charge in [0.15, 0.2) is 0 Å². The van der Waals surface area contributed by atoms with Gasteiger partial charge in [0.1, 0.15) is 39.3 Å². The molecule has 4 rings (SSSR count). The van der Waals surface area contributed by atoms with E-state index in [4.69, 9.17) is 4.74 Å². The fourth-order valence-corrected chi connectivity index (χ4v) is 3.79. The second-order valence-electron chi connectivity index (χ2n) is 5.73. The van der Waals surface area contributed by atoms with Gasteiger partial charge in [0.25, 0.3) is 5.56 Å². The summed E-state index contributed by atoms with van der Waals surface area (Å²) in [5, 5.41) is 4.09. The Hall–Kier alpha value is -3.00. The fraction of sp³-hybridized carbons (Fsp3) is 0.222. The molecule has 26 heavy (non-hydrogen) atoms. The maximum atomic E-state index is 13.0. The number of hydrogen-bond donors (Lipinski definition) is 1. The van der Waals surface area contributed by atoms with Gasteiger partial charge in [0.05, 0.1) is 18.2 Å². The SMILES string of the molecule is CCCNc1ncnc2sc3c(=O)n(-c4ccc(OC)cc4)cnc3c12. The Labute approximate surface area is 153 Å². The van der Waals surface area contributed by atoms with E-state index >= 15 is 0 Å². The lowest BCUT2D eigenvalue weighted by atomic mass is 10.3. The van der Waals surface area contributed by atoms with Crippen molar-refractivity contribution in [3.8, 4) is 11.4 Å². The van der Waals surface area contributed by atoms with Crippen LogP contribution in [0.15, 0.2) is 41.7 Å². The van der Waals surface area contributed by atoms with Crippen LogP contribution in [0.4, 0.5) is 5.82 Å². The second kappa shape index (κ2) is 6.72. The molecule has 0 radical (unpaired) electrons. The normalized spacial score (nSPS) is 11.2. The summed E-state index contributed by atoms with van der Waals surface area (Å²) in [5.41, 5.74) is 1.25. The quantitative estimate of drug-likeness (QED) is 0.583. The Balaban J connectivity index is 1.90. The van der Waals surface area contributed by atoms with Crippen LogP contribution in [0.3, 0.4) is 0 Å². The molecule has 3 aromatic heterocycles. The van der Waals surface area contributed by atoms with Crippen molar-refractivity contribution in [2.24, 2.45) is 0 Å². The molecule has 0 aliphatic heterocycles. The standard InChI is InChI=1S/C18H17N5O2S/c1-3-8-19-16-13-14-15(26-17(13)21-9-20-16)18(24)23(10-22-14)11-4-6-12(25-2)7-5-11/h4-7,9-10H,3,8H2,1-2H3,(H,19,20,21). The molecule has 0 unspecified atom stereocenters. The van der Waals surface area contributed by atoms with Gasteiger partial charge in [-0.15, -0.1) is 11.3 Å². The third-order valence-corrected chi connectivity index (χ3v) is 5.15. The Morgan fingerprint density at radius 3 is 2.73 bits per heavy atom. The van der Waals surface area contributed by atoms with Crippen LogP contribution < -0.4 is 15.6 Å². The number of benzene rings is 1. The molecule has 4 aromatic rings. The highest BCUT2D eigenvalue weighted by Gasteiger charge is 2.16. The van der Waals surface area contributed by atoms with Crippen LogP contribution >= 0.6 is 11.3 Å². The zero-order valence-electron chi connectivity index (χ0n) is 14.4. The molecule has 0 aliphatic rings. The number of methoxy groups -OCH3 is 1. The first-order chi connectivity index (χ1) is 12.7. The highest BCUT2D eigenvalue weighted by atomic mass is 32.1. The van der Waals surface area contributed by atoms with Gasteiger partial charge >= 0.3 is 0 Å². The first-order valence-electron chi connectivity index (χ1n) is 8.26. The number of rotatable bonds is 5. The molecule has 1 N–H and O–H groups in total. The van der Waals surface area contributed by atoms with Crippen molar-refractivity contribution in [1.29, 1.82) is 0 Å². The van der Waals surface area contributed by atoms with E-state index in [1.807, 2.05) is 24.3 Å². The highest BCUT2D eigenvalue weighted by molar-refractivity contribution is 7.25. The number of thiophene rings is 1. The first-order valence-corrected chi connectivity index (χ1v) is 9.07. The molecule has 0 saturated heterocycles. The van der Waals surface area contributed by atoms with Gasteiger partial charge in [0, 0.05) is 6.54 Å². The number of nitrogens with zero attached hydrogens (tertiary/aromatic N) is 4. The van der Waals surface area contributed by atoms with Crippen molar-refractivity contribution in [1.82, 2.24) is 19.5 Å². The number of fused-ring (bicyclic) bond motifs is 3. The van der Waals surface area contributed by atoms with Crippen LogP contribution in [0.1, 0.15) is 13.3 Å². The monoisotopic (exact) mass is 367 g/mol. The van der Waals surface area contributed by atoms with Crippen molar-refractivity contribution in [2.75, 3.05) is 19.0 Å². The largest absolute Gasteiger partial charge is 0.497 e. The minimum absolute atomic E-state index is 0.121. The molecular formula is C18H17N5O2S. The van der Waals surface area contributed by atoms with Gasteiger partial charge in [0.2, 0.25) is 0 Å². The van der Waals surface area contributed by atoms with E-state index in [0.29, 0.717) is 10.2 Å². The summed E-state index contributed by atoms with van der Waals surface area (Å²) in [4.78, 5) is 26.9. The number of ether oxygens (including phenoxy) is 1. The van der Waals surface area contributed by atoms with Gasteiger partial charge in [-0.1, -0.05) is 6.92 Å². The van der Waals surface area contributed by atoms with Crippen LogP contribution in [-0.2, 0) is 0 Å². The molecule has 8 heteroatoms. The van der Waals surface area contributed by atoms with E-state index in [9.17, 15) is 4.79 Å². The molecule has 0 saturated carbocycles. The average molecular weight is 367 g/mol. The van der Waals surface area contributed by atoms with Gasteiger partial charge in [-0.2, -0.15) is 0 Å². The smallest absolute Gasteiger partial charge is 0.275 e. The summed E-state index contributed by atoms with van der Waals surface area (Å²) in [7, 11) is 1.61. The fourth-order valence-electron chi connectivity index (χ4n) is 2.77. The lowest BCUT2D eigenvalue weighted by molar-refractivity contribution is 0.414. The summed E-state index contributed by atoms with van der Waals surface area (Å²) in [6.45, 7) is 2.88. The van der Waals surface area contributed by atoms with E-state index in [1.54, 1.807) is 13.4 Å². The zero-order valence-corrected chi connectivity index (χ0v) is 15.2. The highest BCUT2D eigenvalue weighted by Crippen LogP contribution is 2.32. The maximum absolute atomic E-state index is 13.0. The third kappa shape index (κ3) is 2.68. The molecule has 7 nitrogen and oxygen atoms in total. The van der Waals surface area contributed by atoms with Crippen LogP contribution in [-0.4, -0.2) is 33.2 Å². The Morgan fingerprint density at radius 2 is 2.00 bits per heavy atom. The predicted molar refractivity (Wildman–Crippen MR) is 104 cm³/mol. The van der Waals surface area contributed by atoms with Gasteiger partial charge in [-0.25, -0.2) is 15.0 Å². The number of aromatic nitrogens is 4. The van der Waals surface area contributed by atoms with Crippen molar-refractivity contribution < 1.29 is 4.74 Å². The lowest BCUT2D eigenvalue weighted by Crippen LogP contribution is -2.17. The molecule has 0 atom stereocenters. The summed E-state index contributed by atoms with van der Waals surface area (Å²) in [5.74, 6) is 1.46. The van der Waals surface area contributed by atoms with E-state index < -0.39 is 0 Å². The zero-order chi connectivity index (χ0) is 18.1. The van der Waals surface area contributed by atoms with Crippen molar-refractivity contribution in [2.45, 2.75) is 13.3 Å². The Kier molecular flexibility index (Phi) is 4.26. The molecule has 0 amide bonds. The summed E-state index contributed by atoms with van der Waals surface area (Å²) >= 11 is 1.34. The maximum Gasteiger partial charge on any atom is 0.275 e. The molecule has 0 bridgehead atoms. The van der Waals surface area contributed by atoms with Gasteiger partial charge in [-0.05, 0) is 30.7 Å². The number of hydrogen-bond acceptors (Lipinski definition) is 7. The Morgan fingerprint density at radius 1 is 1.19 bits per heavy atom. The summed E-state index contributed by atoms with van der Waals surface area (Å²) in [6, 6.07) is 7.29. The minimum atomic E-state index is -0.121. The van der Waals surface area contributed by atoms with Crippen LogP contribution in [0.25, 0.3) is 26.1 Å². The molecule has 3 heterocycles. The van der Waals surface area contributed by atoms with Gasteiger partial charge in [-0.3, -0.25) is 9.36 Å². The lowest BCUT2D eigenvalue weighted by Gasteiger charge is -2.07. The van der Waals surface area contributed by atoms with E-state index in [2.05, 4.69) is 27.2 Å². The second-order valence-corrected chi connectivity index (χ2v) is 6.73. The minimum Gasteiger partial charge on any atom is -0.497 e. The first kappa shape index (κ1) is 16.5. The van der Waals surface area contributed by atoms with Crippen molar-refractivity contribution in [3.63, 3.8) is 0 Å². The van der Waals surface area contributed by atoms with Crippen LogP contribution in [0, 0.1) is 0 Å². The van der Waals surface area contributed by atoms with Crippen molar-refractivity contribution in [3.05, 3.63) is 47.3 Å². The molecule has 0 fully saturated rings. The molecule has 1 aromatic carbocycles. The summed E-state index contributed by atoms with van der Waals surface area (Å²) < 4.78 is 7.27. The van der Waals surface area contributed by atoms with Crippen LogP contribution in [0.2, 0.25) is 0 Å². The molecule has 132 valence electrons. The van der Waals surface area contributed by atoms with Gasteiger partial charge < -0.3 is 10.1 Å². The van der Waals surface area contributed by atoms with E-state index in [0.717, 1.165) is 40.4 Å².